The first kappa shape index (κ1) is 15.3. The zero-order valence-electron chi connectivity index (χ0n) is 14.4. The lowest BCUT2D eigenvalue weighted by molar-refractivity contribution is -0.740. The number of rotatable bonds is 3. The molecule has 0 fully saturated rings. The van der Waals surface area contributed by atoms with E-state index in [4.69, 9.17) is 4.74 Å². The Morgan fingerprint density at radius 3 is 1.91 bits per heavy atom. The molecule has 0 bridgehead atoms. The summed E-state index contributed by atoms with van der Waals surface area (Å²) in [4.78, 5) is 0. The van der Waals surface area contributed by atoms with Crippen LogP contribution in [0.1, 0.15) is 11.1 Å². The third-order valence-electron chi connectivity index (χ3n) is 4.53. The first-order valence-electron chi connectivity index (χ1n) is 7.81. The predicted molar refractivity (Wildman–Crippen MR) is 93.5 cm³/mol. The van der Waals surface area contributed by atoms with Crippen molar-refractivity contribution in [3.8, 4) is 28.3 Å². The molecule has 3 rings (SSSR count). The van der Waals surface area contributed by atoms with E-state index in [0.717, 1.165) is 17.1 Å². The summed E-state index contributed by atoms with van der Waals surface area (Å²) >= 11 is 0. The zero-order chi connectivity index (χ0) is 16.6. The molecular formula is C20H23N2O+. The van der Waals surface area contributed by atoms with E-state index in [9.17, 15) is 0 Å². The maximum Gasteiger partial charge on any atom is 0.280 e. The lowest BCUT2D eigenvalue weighted by Crippen LogP contribution is -2.39. The van der Waals surface area contributed by atoms with Gasteiger partial charge in [-0.3, -0.25) is 0 Å². The molecule has 3 nitrogen and oxygen atoms in total. The Labute approximate surface area is 137 Å². The van der Waals surface area contributed by atoms with Gasteiger partial charge in [-0.15, -0.1) is 4.68 Å². The molecule has 0 aliphatic carbocycles. The van der Waals surface area contributed by atoms with Crippen LogP contribution >= 0.6 is 0 Å². The molecule has 3 heteroatoms. The molecule has 0 N–H and O–H groups in total. The van der Waals surface area contributed by atoms with Crippen molar-refractivity contribution in [3.63, 3.8) is 0 Å². The fraction of sp³-hybridized carbons (Fsp3) is 0.250. The molecule has 0 aliphatic heterocycles. The topological polar surface area (TPSA) is 18.0 Å². The summed E-state index contributed by atoms with van der Waals surface area (Å²) in [5.74, 6) is 0.915. The van der Waals surface area contributed by atoms with Gasteiger partial charge in [-0.2, -0.15) is 4.68 Å². The Morgan fingerprint density at radius 1 is 0.870 bits per heavy atom. The summed E-state index contributed by atoms with van der Waals surface area (Å²) in [5.41, 5.74) is 7.08. The number of hydrogen-bond acceptors (Lipinski definition) is 1. The number of ether oxygens (including phenoxy) is 1. The van der Waals surface area contributed by atoms with E-state index in [0.29, 0.717) is 0 Å². The van der Waals surface area contributed by atoms with Crippen LogP contribution in [0.25, 0.3) is 22.5 Å². The molecule has 1 heterocycles. The molecule has 0 atom stereocenters. The van der Waals surface area contributed by atoms with Crippen molar-refractivity contribution in [1.29, 1.82) is 0 Å². The van der Waals surface area contributed by atoms with E-state index in [2.05, 4.69) is 85.8 Å². The zero-order valence-corrected chi connectivity index (χ0v) is 14.4. The van der Waals surface area contributed by atoms with Gasteiger partial charge in [0.25, 0.3) is 5.69 Å². The summed E-state index contributed by atoms with van der Waals surface area (Å²) in [7, 11) is 5.90. The van der Waals surface area contributed by atoms with Crippen molar-refractivity contribution in [2.24, 2.45) is 14.1 Å². The molecule has 0 unspecified atom stereocenters. The maximum atomic E-state index is 5.86. The van der Waals surface area contributed by atoms with Crippen molar-refractivity contribution in [3.05, 3.63) is 59.7 Å². The molecule has 0 saturated carbocycles. The summed E-state index contributed by atoms with van der Waals surface area (Å²) < 4.78 is 10.2. The monoisotopic (exact) mass is 307 g/mol. The van der Waals surface area contributed by atoms with Gasteiger partial charge in [-0.25, -0.2) is 0 Å². The second-order valence-electron chi connectivity index (χ2n) is 5.91. The molecule has 3 aromatic rings. The number of hydrogen-bond donors (Lipinski definition) is 0. The van der Waals surface area contributed by atoms with E-state index >= 15 is 0 Å². The van der Waals surface area contributed by atoms with Crippen molar-refractivity contribution >= 4 is 0 Å². The molecule has 0 saturated heterocycles. The molecule has 0 amide bonds. The predicted octanol–water partition coefficient (Wildman–Crippen LogP) is 3.81. The van der Waals surface area contributed by atoms with Gasteiger partial charge in [-0.05, 0) is 31.0 Å². The first-order chi connectivity index (χ1) is 11.1. The highest BCUT2D eigenvalue weighted by Crippen LogP contribution is 2.39. The minimum atomic E-state index is 0.915. The molecule has 0 radical (unpaired) electrons. The second-order valence-corrected chi connectivity index (χ2v) is 5.91. The van der Waals surface area contributed by atoms with Gasteiger partial charge in [-0.1, -0.05) is 42.5 Å². The molecular weight excluding hydrogens is 284 g/mol. The standard InChI is InChI=1S/C20H23N2O/c1-14-10-6-8-12-16(14)18-20(23-5)19(22(4)21(18)3)17-13-9-7-11-15(17)2/h6-13H,1-5H3/q+1. The lowest BCUT2D eigenvalue weighted by Gasteiger charge is -2.06. The molecule has 1 aromatic heterocycles. The van der Waals surface area contributed by atoms with Crippen LogP contribution in [0.5, 0.6) is 5.75 Å². The van der Waals surface area contributed by atoms with Crippen LogP contribution < -0.4 is 9.42 Å². The van der Waals surface area contributed by atoms with Gasteiger partial charge in [0.05, 0.1) is 19.7 Å². The lowest BCUT2D eigenvalue weighted by atomic mass is 10.0. The fourth-order valence-electron chi connectivity index (χ4n) is 3.17. The van der Waals surface area contributed by atoms with Crippen LogP contribution in [0.3, 0.4) is 0 Å². The van der Waals surface area contributed by atoms with Gasteiger partial charge in [0.2, 0.25) is 5.75 Å². The van der Waals surface area contributed by atoms with E-state index in [1.807, 2.05) is 0 Å². The summed E-state index contributed by atoms with van der Waals surface area (Å²) in [6, 6.07) is 16.8. The number of aryl methyl sites for hydroxylation is 2. The Kier molecular flexibility index (Phi) is 3.95. The van der Waals surface area contributed by atoms with Crippen molar-refractivity contribution in [2.45, 2.75) is 13.8 Å². The van der Waals surface area contributed by atoms with Crippen LogP contribution in [0.4, 0.5) is 0 Å². The van der Waals surface area contributed by atoms with Crippen LogP contribution in [-0.4, -0.2) is 11.8 Å². The molecule has 0 aliphatic rings. The Morgan fingerprint density at radius 2 is 1.39 bits per heavy atom. The van der Waals surface area contributed by atoms with Crippen LogP contribution in [0.15, 0.2) is 48.5 Å². The van der Waals surface area contributed by atoms with E-state index in [1.165, 1.54) is 22.3 Å². The van der Waals surface area contributed by atoms with Crippen molar-refractivity contribution in [1.82, 2.24) is 4.68 Å². The minimum absolute atomic E-state index is 0.915. The Hall–Kier alpha value is -2.55. The third kappa shape index (κ3) is 2.42. The highest BCUT2D eigenvalue weighted by atomic mass is 16.5. The Bertz CT molecular complexity index is 793. The van der Waals surface area contributed by atoms with Crippen LogP contribution in [-0.2, 0) is 14.1 Å². The first-order valence-corrected chi connectivity index (χ1v) is 7.81. The molecule has 2 aromatic carbocycles. The van der Waals surface area contributed by atoms with Crippen LogP contribution in [0, 0.1) is 13.8 Å². The van der Waals surface area contributed by atoms with Crippen molar-refractivity contribution < 1.29 is 9.42 Å². The van der Waals surface area contributed by atoms with E-state index in [1.54, 1.807) is 7.11 Å². The number of benzene rings is 2. The normalized spacial score (nSPS) is 10.8. The SMILES string of the molecule is COc1c(-c2ccccc2C)n(C)[n+](C)c1-c1ccccc1C. The van der Waals surface area contributed by atoms with E-state index in [-0.39, 0.29) is 0 Å². The molecule has 0 spiro atoms. The highest BCUT2D eigenvalue weighted by molar-refractivity contribution is 5.79. The molecule has 118 valence electrons. The van der Waals surface area contributed by atoms with Gasteiger partial charge in [0, 0.05) is 5.56 Å². The summed E-state index contributed by atoms with van der Waals surface area (Å²) in [6.07, 6.45) is 0. The second kappa shape index (κ2) is 5.92. The van der Waals surface area contributed by atoms with Gasteiger partial charge >= 0.3 is 0 Å². The fourth-order valence-corrected chi connectivity index (χ4v) is 3.17. The summed E-state index contributed by atoms with van der Waals surface area (Å²) in [5, 5.41) is 0. The maximum absolute atomic E-state index is 5.86. The van der Waals surface area contributed by atoms with Gasteiger partial charge < -0.3 is 4.74 Å². The summed E-state index contributed by atoms with van der Waals surface area (Å²) in [6.45, 7) is 4.27. The quantitative estimate of drug-likeness (QED) is 0.673. The smallest absolute Gasteiger partial charge is 0.280 e. The minimum Gasteiger partial charge on any atom is -0.489 e. The van der Waals surface area contributed by atoms with Crippen LogP contribution in [0.2, 0.25) is 0 Å². The average molecular weight is 307 g/mol. The number of nitrogens with zero attached hydrogens (tertiary/aromatic N) is 2. The van der Waals surface area contributed by atoms with Crippen molar-refractivity contribution in [2.75, 3.05) is 7.11 Å². The average Bonchev–Trinajstić information content (AvgIpc) is 2.80. The van der Waals surface area contributed by atoms with Gasteiger partial charge in [0.1, 0.15) is 0 Å². The largest absolute Gasteiger partial charge is 0.489 e. The third-order valence-corrected chi connectivity index (χ3v) is 4.53. The van der Waals surface area contributed by atoms with E-state index < -0.39 is 0 Å². The van der Waals surface area contributed by atoms with Gasteiger partial charge in [0.15, 0.2) is 12.7 Å². The highest BCUT2D eigenvalue weighted by Gasteiger charge is 2.30. The molecule has 23 heavy (non-hydrogen) atoms. The number of methoxy groups -OCH3 is 1. The number of aromatic nitrogens is 2. The Balaban J connectivity index is 2.35.